The first-order valence-corrected chi connectivity index (χ1v) is 8.11. The van der Waals surface area contributed by atoms with Crippen LogP contribution in [0.5, 0.6) is 0 Å². The Bertz CT molecular complexity index is 475. The Morgan fingerprint density at radius 2 is 1.82 bits per heavy atom. The lowest BCUT2D eigenvalue weighted by atomic mass is 9.87. The second-order valence-electron chi connectivity index (χ2n) is 7.52. The van der Waals surface area contributed by atoms with Crippen LogP contribution in [0.4, 0.5) is 0 Å². The van der Waals surface area contributed by atoms with Crippen LogP contribution in [0.25, 0.3) is 0 Å². The van der Waals surface area contributed by atoms with Crippen molar-refractivity contribution in [2.45, 2.75) is 54.0 Å². The Morgan fingerprint density at radius 3 is 2.36 bits per heavy atom. The summed E-state index contributed by atoms with van der Waals surface area (Å²) in [5.41, 5.74) is 2.20. The first-order chi connectivity index (χ1) is 10.2. The number of rotatable bonds is 7. The SMILES string of the molecule is Cc1ccccc1CC(=O)NC(COCC(C)C)C(C)(C)C. The molecule has 22 heavy (non-hydrogen) atoms. The van der Waals surface area contributed by atoms with Crippen LogP contribution in [0.3, 0.4) is 0 Å². The molecule has 1 aromatic carbocycles. The van der Waals surface area contributed by atoms with E-state index in [9.17, 15) is 4.79 Å². The highest BCUT2D eigenvalue weighted by molar-refractivity contribution is 5.79. The van der Waals surface area contributed by atoms with Crippen molar-refractivity contribution in [1.82, 2.24) is 5.32 Å². The molecule has 1 aromatic rings. The van der Waals surface area contributed by atoms with E-state index in [0.717, 1.165) is 17.7 Å². The van der Waals surface area contributed by atoms with Gasteiger partial charge in [0.1, 0.15) is 0 Å². The Morgan fingerprint density at radius 1 is 1.18 bits per heavy atom. The molecular formula is C19H31NO2. The molecule has 0 saturated heterocycles. The maximum absolute atomic E-state index is 12.4. The van der Waals surface area contributed by atoms with Crippen molar-refractivity contribution in [2.24, 2.45) is 11.3 Å². The quantitative estimate of drug-likeness (QED) is 0.833. The third-order valence-corrected chi connectivity index (χ3v) is 3.73. The molecule has 1 N–H and O–H groups in total. The van der Waals surface area contributed by atoms with Crippen LogP contribution < -0.4 is 5.32 Å². The molecule has 0 radical (unpaired) electrons. The van der Waals surface area contributed by atoms with E-state index < -0.39 is 0 Å². The van der Waals surface area contributed by atoms with Crippen LogP contribution in [-0.2, 0) is 16.0 Å². The first-order valence-electron chi connectivity index (χ1n) is 8.11. The van der Waals surface area contributed by atoms with Gasteiger partial charge >= 0.3 is 0 Å². The fraction of sp³-hybridized carbons (Fsp3) is 0.632. The predicted molar refractivity (Wildman–Crippen MR) is 91.9 cm³/mol. The molecule has 0 aliphatic rings. The molecule has 0 bridgehead atoms. The van der Waals surface area contributed by atoms with Crippen molar-refractivity contribution in [3.8, 4) is 0 Å². The molecule has 0 fully saturated rings. The summed E-state index contributed by atoms with van der Waals surface area (Å²) in [5.74, 6) is 0.561. The van der Waals surface area contributed by atoms with E-state index in [1.54, 1.807) is 0 Å². The lowest BCUT2D eigenvalue weighted by Crippen LogP contribution is -2.47. The van der Waals surface area contributed by atoms with Crippen molar-refractivity contribution in [2.75, 3.05) is 13.2 Å². The number of amides is 1. The van der Waals surface area contributed by atoms with Gasteiger partial charge in [0.05, 0.1) is 19.1 Å². The van der Waals surface area contributed by atoms with E-state index >= 15 is 0 Å². The topological polar surface area (TPSA) is 38.3 Å². The molecule has 0 aromatic heterocycles. The van der Waals surface area contributed by atoms with Crippen LogP contribution in [0, 0.1) is 18.3 Å². The normalized spacial score (nSPS) is 13.2. The molecule has 3 nitrogen and oxygen atoms in total. The maximum Gasteiger partial charge on any atom is 0.224 e. The van der Waals surface area contributed by atoms with Crippen molar-refractivity contribution >= 4 is 5.91 Å². The summed E-state index contributed by atoms with van der Waals surface area (Å²) >= 11 is 0. The smallest absolute Gasteiger partial charge is 0.224 e. The standard InChI is InChI=1S/C19H31NO2/c1-14(2)12-22-13-17(19(4,5)6)20-18(21)11-16-10-8-7-9-15(16)3/h7-10,14,17H,11-13H2,1-6H3,(H,20,21). The van der Waals surface area contributed by atoms with Gasteiger partial charge in [-0.1, -0.05) is 58.9 Å². The van der Waals surface area contributed by atoms with Gasteiger partial charge in [0, 0.05) is 6.61 Å². The molecule has 0 aliphatic carbocycles. The Balaban J connectivity index is 2.61. The van der Waals surface area contributed by atoms with Crippen LogP contribution in [0.1, 0.15) is 45.7 Å². The fourth-order valence-electron chi connectivity index (χ4n) is 2.16. The highest BCUT2D eigenvalue weighted by Gasteiger charge is 2.26. The third-order valence-electron chi connectivity index (χ3n) is 3.73. The van der Waals surface area contributed by atoms with Gasteiger partial charge in [0.2, 0.25) is 5.91 Å². The zero-order valence-corrected chi connectivity index (χ0v) is 14.9. The highest BCUT2D eigenvalue weighted by atomic mass is 16.5. The molecule has 1 atom stereocenters. The summed E-state index contributed by atoms with van der Waals surface area (Å²) in [4.78, 5) is 12.4. The monoisotopic (exact) mass is 305 g/mol. The van der Waals surface area contributed by atoms with Gasteiger partial charge < -0.3 is 10.1 Å². The van der Waals surface area contributed by atoms with Crippen molar-refractivity contribution in [1.29, 1.82) is 0 Å². The van der Waals surface area contributed by atoms with E-state index in [2.05, 4.69) is 39.9 Å². The molecule has 124 valence electrons. The summed E-state index contributed by atoms with van der Waals surface area (Å²) < 4.78 is 5.74. The largest absolute Gasteiger partial charge is 0.379 e. The number of carbonyl (C=O) groups is 1. The number of carbonyl (C=O) groups excluding carboxylic acids is 1. The van der Waals surface area contributed by atoms with Crippen LogP contribution in [0.2, 0.25) is 0 Å². The molecule has 0 aliphatic heterocycles. The summed E-state index contributed by atoms with van der Waals surface area (Å²) in [5, 5.41) is 3.14. The molecule has 3 heteroatoms. The van der Waals surface area contributed by atoms with Gasteiger partial charge in [0.15, 0.2) is 0 Å². The maximum atomic E-state index is 12.4. The number of benzene rings is 1. The summed E-state index contributed by atoms with van der Waals surface area (Å²) in [6, 6.07) is 8.03. The van der Waals surface area contributed by atoms with E-state index in [0.29, 0.717) is 18.9 Å². The average molecular weight is 305 g/mol. The fourth-order valence-corrected chi connectivity index (χ4v) is 2.16. The highest BCUT2D eigenvalue weighted by Crippen LogP contribution is 2.20. The molecule has 1 unspecified atom stereocenters. The molecule has 0 saturated carbocycles. The molecule has 0 heterocycles. The second-order valence-corrected chi connectivity index (χ2v) is 7.52. The van der Waals surface area contributed by atoms with Crippen molar-refractivity contribution in [3.63, 3.8) is 0 Å². The number of hydrogen-bond acceptors (Lipinski definition) is 2. The van der Waals surface area contributed by atoms with Gasteiger partial charge in [-0.2, -0.15) is 0 Å². The van der Waals surface area contributed by atoms with E-state index in [4.69, 9.17) is 4.74 Å². The summed E-state index contributed by atoms with van der Waals surface area (Å²) in [6.45, 7) is 14.0. The molecule has 1 amide bonds. The first kappa shape index (κ1) is 18.7. The van der Waals surface area contributed by atoms with E-state index in [-0.39, 0.29) is 17.4 Å². The van der Waals surface area contributed by atoms with Gasteiger partial charge in [-0.25, -0.2) is 0 Å². The summed E-state index contributed by atoms with van der Waals surface area (Å²) in [6.07, 6.45) is 0.420. The Labute approximate surface area is 135 Å². The van der Waals surface area contributed by atoms with Gasteiger partial charge in [0.25, 0.3) is 0 Å². The van der Waals surface area contributed by atoms with Gasteiger partial charge in [-0.05, 0) is 29.4 Å². The zero-order valence-electron chi connectivity index (χ0n) is 14.9. The third kappa shape index (κ3) is 6.61. The van der Waals surface area contributed by atoms with E-state index in [1.807, 2.05) is 31.2 Å². The van der Waals surface area contributed by atoms with Crippen LogP contribution >= 0.6 is 0 Å². The average Bonchev–Trinajstić information content (AvgIpc) is 2.39. The van der Waals surface area contributed by atoms with Crippen molar-refractivity contribution < 1.29 is 9.53 Å². The molecule has 0 spiro atoms. The lowest BCUT2D eigenvalue weighted by Gasteiger charge is -2.31. The summed E-state index contributed by atoms with van der Waals surface area (Å²) in [7, 11) is 0. The number of nitrogens with one attached hydrogen (secondary N) is 1. The van der Waals surface area contributed by atoms with Gasteiger partial charge in [-0.15, -0.1) is 0 Å². The minimum atomic E-state index is -0.0294. The van der Waals surface area contributed by atoms with Crippen LogP contribution in [0.15, 0.2) is 24.3 Å². The predicted octanol–water partition coefficient (Wildman–Crippen LogP) is 3.74. The minimum Gasteiger partial charge on any atom is -0.379 e. The lowest BCUT2D eigenvalue weighted by molar-refractivity contribution is -0.122. The Kier molecular flexibility index (Phi) is 7.08. The number of hydrogen-bond donors (Lipinski definition) is 1. The minimum absolute atomic E-state index is 0.0165. The zero-order chi connectivity index (χ0) is 16.8. The van der Waals surface area contributed by atoms with E-state index in [1.165, 1.54) is 0 Å². The number of aryl methyl sites for hydroxylation is 1. The van der Waals surface area contributed by atoms with Gasteiger partial charge in [-0.3, -0.25) is 4.79 Å². The van der Waals surface area contributed by atoms with Crippen molar-refractivity contribution in [3.05, 3.63) is 35.4 Å². The van der Waals surface area contributed by atoms with Crippen LogP contribution in [-0.4, -0.2) is 25.2 Å². The molecular weight excluding hydrogens is 274 g/mol. The second kappa shape index (κ2) is 8.33. The molecule has 1 rings (SSSR count). The Hall–Kier alpha value is -1.35. The number of ether oxygens (including phenoxy) is 1.